The molecule has 1 heterocycles. The number of carbonyl (C=O) groups is 1. The summed E-state index contributed by atoms with van der Waals surface area (Å²) in [5, 5.41) is 0.775. The third kappa shape index (κ3) is 2.71. The molecule has 0 unspecified atom stereocenters. The first-order chi connectivity index (χ1) is 11.8. The fraction of sp³-hybridized carbons (Fsp3) is 0.300. The minimum absolute atomic E-state index is 0.142. The third-order valence-corrected chi connectivity index (χ3v) is 5.77. The normalized spacial score (nSPS) is 14.5. The van der Waals surface area contributed by atoms with Gasteiger partial charge in [-0.25, -0.2) is 4.98 Å². The maximum Gasteiger partial charge on any atom is 0.236 e. The second-order valence-corrected chi connectivity index (χ2v) is 7.29. The molecule has 122 valence electrons. The van der Waals surface area contributed by atoms with Crippen molar-refractivity contribution in [3.05, 3.63) is 54.1 Å². The van der Waals surface area contributed by atoms with Gasteiger partial charge in [0.2, 0.25) is 5.91 Å². The molecule has 0 saturated heterocycles. The smallest absolute Gasteiger partial charge is 0.236 e. The molecule has 1 amide bonds. The van der Waals surface area contributed by atoms with Gasteiger partial charge in [0, 0.05) is 5.92 Å². The lowest BCUT2D eigenvalue weighted by Gasteiger charge is -2.30. The van der Waals surface area contributed by atoms with Gasteiger partial charge in [-0.05, 0) is 49.1 Å². The Morgan fingerprint density at radius 3 is 2.54 bits per heavy atom. The SMILES string of the molecule is CCc1ccc(N(C(=O)C2CCC2)c2nc3ccccc3s2)cc1. The molecule has 2 aromatic carbocycles. The summed E-state index contributed by atoms with van der Waals surface area (Å²) in [6, 6.07) is 16.3. The van der Waals surface area contributed by atoms with Gasteiger partial charge in [0.15, 0.2) is 5.13 Å². The maximum absolute atomic E-state index is 13.1. The van der Waals surface area contributed by atoms with E-state index in [4.69, 9.17) is 4.98 Å². The van der Waals surface area contributed by atoms with Crippen molar-refractivity contribution in [2.45, 2.75) is 32.6 Å². The van der Waals surface area contributed by atoms with Crippen LogP contribution >= 0.6 is 11.3 Å². The summed E-state index contributed by atoms with van der Waals surface area (Å²) in [7, 11) is 0. The van der Waals surface area contributed by atoms with E-state index in [0.29, 0.717) is 0 Å². The molecule has 3 nitrogen and oxygen atoms in total. The number of hydrogen-bond donors (Lipinski definition) is 0. The molecule has 24 heavy (non-hydrogen) atoms. The molecule has 1 saturated carbocycles. The first kappa shape index (κ1) is 15.3. The van der Waals surface area contributed by atoms with Gasteiger partial charge in [0.1, 0.15) is 0 Å². The van der Waals surface area contributed by atoms with E-state index in [0.717, 1.165) is 46.7 Å². The van der Waals surface area contributed by atoms with E-state index in [9.17, 15) is 4.79 Å². The summed E-state index contributed by atoms with van der Waals surface area (Å²) in [5.41, 5.74) is 3.15. The quantitative estimate of drug-likeness (QED) is 0.646. The van der Waals surface area contributed by atoms with Crippen LogP contribution in [0.1, 0.15) is 31.7 Å². The van der Waals surface area contributed by atoms with Crippen LogP contribution in [0.4, 0.5) is 10.8 Å². The van der Waals surface area contributed by atoms with Gasteiger partial charge in [0.25, 0.3) is 0 Å². The van der Waals surface area contributed by atoms with Gasteiger partial charge in [-0.1, -0.05) is 48.9 Å². The van der Waals surface area contributed by atoms with Crippen molar-refractivity contribution in [3.63, 3.8) is 0 Å². The molecule has 0 N–H and O–H groups in total. The summed E-state index contributed by atoms with van der Waals surface area (Å²) in [6.07, 6.45) is 4.14. The first-order valence-corrected chi connectivity index (χ1v) is 9.36. The molecule has 1 aromatic heterocycles. The summed E-state index contributed by atoms with van der Waals surface area (Å²) < 4.78 is 1.11. The number of carbonyl (C=O) groups excluding carboxylic acids is 1. The van der Waals surface area contributed by atoms with Crippen LogP contribution < -0.4 is 4.90 Å². The van der Waals surface area contributed by atoms with Crippen LogP contribution in [0.25, 0.3) is 10.2 Å². The van der Waals surface area contributed by atoms with Crippen molar-refractivity contribution in [1.29, 1.82) is 0 Å². The highest BCUT2D eigenvalue weighted by molar-refractivity contribution is 7.22. The number of anilines is 2. The van der Waals surface area contributed by atoms with Crippen LogP contribution in [0.3, 0.4) is 0 Å². The molecule has 4 rings (SSSR count). The minimum atomic E-state index is 0.142. The van der Waals surface area contributed by atoms with E-state index in [1.165, 1.54) is 5.56 Å². The van der Waals surface area contributed by atoms with E-state index in [1.807, 2.05) is 35.2 Å². The van der Waals surface area contributed by atoms with Crippen molar-refractivity contribution >= 4 is 38.3 Å². The largest absolute Gasteiger partial charge is 0.274 e. The van der Waals surface area contributed by atoms with Crippen LogP contribution in [0.15, 0.2) is 48.5 Å². The fourth-order valence-corrected chi connectivity index (χ4v) is 4.00. The summed E-state index contributed by atoms with van der Waals surface area (Å²) in [4.78, 5) is 19.6. The Bertz CT molecular complexity index is 832. The Kier molecular flexibility index (Phi) is 4.07. The molecule has 0 atom stereocenters. The second-order valence-electron chi connectivity index (χ2n) is 6.29. The zero-order chi connectivity index (χ0) is 16.5. The van der Waals surface area contributed by atoms with E-state index in [2.05, 4.69) is 25.1 Å². The monoisotopic (exact) mass is 336 g/mol. The zero-order valence-corrected chi connectivity index (χ0v) is 14.6. The van der Waals surface area contributed by atoms with Crippen molar-refractivity contribution in [2.24, 2.45) is 5.92 Å². The third-order valence-electron chi connectivity index (χ3n) is 4.75. The topological polar surface area (TPSA) is 33.2 Å². The first-order valence-electron chi connectivity index (χ1n) is 8.54. The van der Waals surface area contributed by atoms with Crippen LogP contribution in [0, 0.1) is 5.92 Å². The number of hydrogen-bond acceptors (Lipinski definition) is 3. The van der Waals surface area contributed by atoms with E-state index in [-0.39, 0.29) is 11.8 Å². The van der Waals surface area contributed by atoms with Crippen LogP contribution in [-0.4, -0.2) is 10.9 Å². The van der Waals surface area contributed by atoms with Gasteiger partial charge in [-0.15, -0.1) is 0 Å². The van der Waals surface area contributed by atoms with Gasteiger partial charge < -0.3 is 0 Å². The summed E-state index contributed by atoms with van der Waals surface area (Å²) >= 11 is 1.58. The number of para-hydroxylation sites is 1. The van der Waals surface area contributed by atoms with Crippen molar-refractivity contribution < 1.29 is 4.79 Å². The number of benzene rings is 2. The second kappa shape index (κ2) is 6.36. The Morgan fingerprint density at radius 2 is 1.92 bits per heavy atom. The lowest BCUT2D eigenvalue weighted by molar-refractivity contribution is -0.123. The molecule has 0 aliphatic heterocycles. The van der Waals surface area contributed by atoms with Gasteiger partial charge in [-0.2, -0.15) is 0 Å². The van der Waals surface area contributed by atoms with Gasteiger partial charge in [-0.3, -0.25) is 9.69 Å². The number of thiazole rings is 1. The summed E-state index contributed by atoms with van der Waals surface area (Å²) in [5.74, 6) is 0.326. The molecule has 4 heteroatoms. The number of aryl methyl sites for hydroxylation is 1. The lowest BCUT2D eigenvalue weighted by Crippen LogP contribution is -2.35. The van der Waals surface area contributed by atoms with Gasteiger partial charge in [0.05, 0.1) is 15.9 Å². The molecule has 1 aliphatic rings. The number of nitrogens with zero attached hydrogens (tertiary/aromatic N) is 2. The van der Waals surface area contributed by atoms with Crippen LogP contribution in [0.2, 0.25) is 0 Å². The predicted octanol–water partition coefficient (Wildman–Crippen LogP) is 5.32. The van der Waals surface area contributed by atoms with E-state index >= 15 is 0 Å². The number of rotatable bonds is 4. The Balaban J connectivity index is 1.77. The molecule has 1 aliphatic carbocycles. The number of aromatic nitrogens is 1. The minimum Gasteiger partial charge on any atom is -0.274 e. The van der Waals surface area contributed by atoms with Crippen molar-refractivity contribution in [3.8, 4) is 0 Å². The Hall–Kier alpha value is -2.20. The average Bonchev–Trinajstić information content (AvgIpc) is 2.97. The Labute approximate surface area is 146 Å². The molecular weight excluding hydrogens is 316 g/mol. The highest BCUT2D eigenvalue weighted by atomic mass is 32.1. The zero-order valence-electron chi connectivity index (χ0n) is 13.7. The fourth-order valence-electron chi connectivity index (χ4n) is 3.01. The van der Waals surface area contributed by atoms with Gasteiger partial charge >= 0.3 is 0 Å². The highest BCUT2D eigenvalue weighted by Gasteiger charge is 2.32. The van der Waals surface area contributed by atoms with E-state index in [1.54, 1.807) is 11.3 Å². The molecule has 0 radical (unpaired) electrons. The number of fused-ring (bicyclic) bond motifs is 1. The lowest BCUT2D eigenvalue weighted by atomic mass is 9.84. The maximum atomic E-state index is 13.1. The molecule has 1 fully saturated rings. The van der Waals surface area contributed by atoms with Crippen molar-refractivity contribution in [2.75, 3.05) is 4.90 Å². The summed E-state index contributed by atoms with van der Waals surface area (Å²) in [6.45, 7) is 2.14. The highest BCUT2D eigenvalue weighted by Crippen LogP contribution is 2.38. The molecule has 0 bridgehead atoms. The Morgan fingerprint density at radius 1 is 1.17 bits per heavy atom. The van der Waals surface area contributed by atoms with Crippen LogP contribution in [-0.2, 0) is 11.2 Å². The van der Waals surface area contributed by atoms with E-state index < -0.39 is 0 Å². The standard InChI is InChI=1S/C20H20N2OS/c1-2-14-10-12-16(13-11-14)22(19(23)15-6-5-7-15)20-21-17-8-3-4-9-18(17)24-20/h3-4,8-13,15H,2,5-7H2,1H3. The van der Waals surface area contributed by atoms with Crippen LogP contribution in [0.5, 0.6) is 0 Å². The van der Waals surface area contributed by atoms with Crippen molar-refractivity contribution in [1.82, 2.24) is 4.98 Å². The molecule has 3 aromatic rings. The molecule has 0 spiro atoms. The average molecular weight is 336 g/mol. The number of amides is 1. The predicted molar refractivity (Wildman–Crippen MR) is 99.9 cm³/mol. The molecular formula is C20H20N2OS.